The highest BCUT2D eigenvalue weighted by molar-refractivity contribution is 6.31. The summed E-state index contributed by atoms with van der Waals surface area (Å²) in [5, 5.41) is 0.324. The molecule has 2 nitrogen and oxygen atoms in total. The Bertz CT molecular complexity index is 639. The van der Waals surface area contributed by atoms with E-state index in [2.05, 4.69) is 4.74 Å². The molecule has 2 aromatic rings. The number of carbonyl (C=O) groups is 1. The molecule has 0 unspecified atom stereocenters. The van der Waals surface area contributed by atoms with Gasteiger partial charge in [0.25, 0.3) is 0 Å². The first kappa shape index (κ1) is 14.4. The number of rotatable bonds is 3. The fourth-order valence-corrected chi connectivity index (χ4v) is 1.96. The summed E-state index contributed by atoms with van der Waals surface area (Å²) >= 11 is 5.76. The number of hydrogen-bond acceptors (Lipinski definition) is 2. The molecule has 0 amide bonds. The van der Waals surface area contributed by atoms with E-state index >= 15 is 0 Å². The summed E-state index contributed by atoms with van der Waals surface area (Å²) in [4.78, 5) is 11.0. The summed E-state index contributed by atoms with van der Waals surface area (Å²) in [7, 11) is 0. The van der Waals surface area contributed by atoms with E-state index in [9.17, 15) is 18.0 Å². The number of halogens is 4. The third-order valence-corrected chi connectivity index (χ3v) is 2.78. The zero-order valence-corrected chi connectivity index (χ0v) is 10.7. The molecule has 2 rings (SSSR count). The van der Waals surface area contributed by atoms with Gasteiger partial charge in [0.15, 0.2) is 6.29 Å². The first-order chi connectivity index (χ1) is 9.40. The second kappa shape index (κ2) is 5.54. The van der Waals surface area contributed by atoms with Crippen molar-refractivity contribution >= 4 is 17.9 Å². The van der Waals surface area contributed by atoms with Crippen molar-refractivity contribution in [2.75, 3.05) is 0 Å². The maximum Gasteiger partial charge on any atom is 0.573 e. The Balaban J connectivity index is 2.56. The van der Waals surface area contributed by atoms with Gasteiger partial charge in [-0.15, -0.1) is 13.2 Å². The molecular formula is C14H8ClF3O2. The average molecular weight is 301 g/mol. The molecule has 0 aromatic heterocycles. The predicted octanol–water partition coefficient (Wildman–Crippen LogP) is 4.72. The number of carbonyl (C=O) groups excluding carboxylic acids is 1. The molecule has 0 radical (unpaired) electrons. The van der Waals surface area contributed by atoms with Gasteiger partial charge in [-0.05, 0) is 23.8 Å². The molecule has 0 heterocycles. The van der Waals surface area contributed by atoms with Gasteiger partial charge in [-0.25, -0.2) is 0 Å². The molecule has 0 saturated heterocycles. The summed E-state index contributed by atoms with van der Waals surface area (Å²) in [5.41, 5.74) is 0.684. The van der Waals surface area contributed by atoms with Crippen molar-refractivity contribution in [1.29, 1.82) is 0 Å². The third-order valence-electron chi connectivity index (χ3n) is 2.54. The Morgan fingerprint density at radius 2 is 1.75 bits per heavy atom. The number of alkyl halides is 3. The summed E-state index contributed by atoms with van der Waals surface area (Å²) in [6, 6.07) is 9.96. The van der Waals surface area contributed by atoms with Gasteiger partial charge in [0.2, 0.25) is 0 Å². The van der Waals surface area contributed by atoms with Gasteiger partial charge in [0.1, 0.15) is 5.75 Å². The Kier molecular flexibility index (Phi) is 3.99. The van der Waals surface area contributed by atoms with Gasteiger partial charge < -0.3 is 4.74 Å². The third kappa shape index (κ3) is 3.30. The van der Waals surface area contributed by atoms with Crippen LogP contribution in [-0.2, 0) is 0 Å². The first-order valence-electron chi connectivity index (χ1n) is 5.50. The van der Waals surface area contributed by atoms with Crippen LogP contribution >= 0.6 is 11.6 Å². The molecule has 0 aliphatic carbocycles. The van der Waals surface area contributed by atoms with E-state index in [0.29, 0.717) is 16.9 Å². The monoisotopic (exact) mass is 300 g/mol. The molecule has 0 spiro atoms. The van der Waals surface area contributed by atoms with Crippen molar-refractivity contribution in [2.45, 2.75) is 6.36 Å². The summed E-state index contributed by atoms with van der Waals surface area (Å²) in [6.07, 6.45) is -4.27. The first-order valence-corrected chi connectivity index (χ1v) is 5.88. The normalized spacial score (nSPS) is 11.2. The van der Waals surface area contributed by atoms with Crippen LogP contribution in [0.25, 0.3) is 11.1 Å². The molecule has 0 saturated carbocycles. The highest BCUT2D eigenvalue weighted by atomic mass is 35.5. The summed E-state index contributed by atoms with van der Waals surface area (Å²) in [5.74, 6) is -0.370. The molecule has 0 aliphatic heterocycles. The van der Waals surface area contributed by atoms with E-state index in [0.717, 1.165) is 0 Å². The van der Waals surface area contributed by atoms with Gasteiger partial charge in [-0.2, -0.15) is 0 Å². The van der Waals surface area contributed by atoms with Gasteiger partial charge in [-0.1, -0.05) is 35.9 Å². The number of hydrogen-bond donors (Lipinski definition) is 0. The van der Waals surface area contributed by atoms with Gasteiger partial charge >= 0.3 is 6.36 Å². The van der Waals surface area contributed by atoms with Crippen molar-refractivity contribution < 1.29 is 22.7 Å². The average Bonchev–Trinajstić information content (AvgIpc) is 2.38. The highest BCUT2D eigenvalue weighted by Crippen LogP contribution is 2.35. The predicted molar refractivity (Wildman–Crippen MR) is 69.0 cm³/mol. The molecule has 0 N–H and O–H groups in total. The Hall–Kier alpha value is -2.01. The SMILES string of the molecule is O=Cc1cc(Cl)ccc1-c1ccccc1OC(F)(F)F. The minimum absolute atomic E-state index is 0.170. The number of ether oxygens (including phenoxy) is 1. The van der Waals surface area contributed by atoms with E-state index in [1.807, 2.05) is 0 Å². The standard InChI is InChI=1S/C14H8ClF3O2/c15-10-5-6-11(9(7-10)8-19)12-3-1-2-4-13(12)20-14(16,17)18/h1-8H. The molecule has 6 heteroatoms. The number of para-hydroxylation sites is 1. The Morgan fingerprint density at radius 1 is 1.05 bits per heavy atom. The minimum atomic E-state index is -4.80. The smallest absolute Gasteiger partial charge is 0.405 e. The summed E-state index contributed by atoms with van der Waals surface area (Å²) in [6.45, 7) is 0. The highest BCUT2D eigenvalue weighted by Gasteiger charge is 2.32. The van der Waals surface area contributed by atoms with Crippen molar-refractivity contribution in [3.05, 3.63) is 53.1 Å². The van der Waals surface area contributed by atoms with Crippen LogP contribution in [0, 0.1) is 0 Å². The van der Waals surface area contributed by atoms with Crippen LogP contribution in [0.1, 0.15) is 10.4 Å². The molecule has 104 valence electrons. The second-order valence-corrected chi connectivity index (χ2v) is 4.33. The lowest BCUT2D eigenvalue weighted by molar-refractivity contribution is -0.274. The van der Waals surface area contributed by atoms with Crippen LogP contribution in [0.15, 0.2) is 42.5 Å². The number of aldehydes is 1. The van der Waals surface area contributed by atoms with Crippen LogP contribution in [-0.4, -0.2) is 12.6 Å². The van der Waals surface area contributed by atoms with Crippen LogP contribution < -0.4 is 4.74 Å². The fourth-order valence-electron chi connectivity index (χ4n) is 1.78. The molecule has 0 atom stereocenters. The lowest BCUT2D eigenvalue weighted by Crippen LogP contribution is -2.17. The number of benzene rings is 2. The zero-order chi connectivity index (χ0) is 14.8. The topological polar surface area (TPSA) is 26.3 Å². The minimum Gasteiger partial charge on any atom is -0.405 e. The maximum absolute atomic E-state index is 12.4. The van der Waals surface area contributed by atoms with Crippen molar-refractivity contribution in [2.24, 2.45) is 0 Å². The quantitative estimate of drug-likeness (QED) is 0.767. The van der Waals surface area contributed by atoms with Crippen LogP contribution in [0.3, 0.4) is 0 Å². The molecule has 20 heavy (non-hydrogen) atoms. The second-order valence-electron chi connectivity index (χ2n) is 3.89. The van der Waals surface area contributed by atoms with Crippen molar-refractivity contribution in [3.63, 3.8) is 0 Å². The van der Waals surface area contributed by atoms with Gasteiger partial charge in [0, 0.05) is 16.1 Å². The van der Waals surface area contributed by atoms with Crippen LogP contribution in [0.4, 0.5) is 13.2 Å². The van der Waals surface area contributed by atoms with E-state index in [-0.39, 0.29) is 16.9 Å². The van der Waals surface area contributed by atoms with E-state index in [4.69, 9.17) is 11.6 Å². The molecule has 0 fully saturated rings. The largest absolute Gasteiger partial charge is 0.573 e. The zero-order valence-electron chi connectivity index (χ0n) is 9.95. The van der Waals surface area contributed by atoms with E-state index in [1.54, 1.807) is 6.07 Å². The van der Waals surface area contributed by atoms with Gasteiger partial charge in [-0.3, -0.25) is 4.79 Å². The summed E-state index contributed by atoms with van der Waals surface area (Å²) < 4.78 is 41.1. The fraction of sp³-hybridized carbons (Fsp3) is 0.0714. The molecule has 2 aromatic carbocycles. The van der Waals surface area contributed by atoms with E-state index < -0.39 is 6.36 Å². The van der Waals surface area contributed by atoms with Gasteiger partial charge in [0.05, 0.1) is 0 Å². The van der Waals surface area contributed by atoms with Crippen molar-refractivity contribution in [1.82, 2.24) is 0 Å². The van der Waals surface area contributed by atoms with Crippen LogP contribution in [0.2, 0.25) is 5.02 Å². The lowest BCUT2D eigenvalue weighted by atomic mass is 9.99. The maximum atomic E-state index is 12.4. The lowest BCUT2D eigenvalue weighted by Gasteiger charge is -2.14. The Labute approximate surface area is 117 Å². The Morgan fingerprint density at radius 3 is 2.40 bits per heavy atom. The van der Waals surface area contributed by atoms with Crippen molar-refractivity contribution in [3.8, 4) is 16.9 Å². The van der Waals surface area contributed by atoms with E-state index in [1.165, 1.54) is 36.4 Å². The molecular weight excluding hydrogens is 293 g/mol. The molecule has 0 bridgehead atoms. The molecule has 0 aliphatic rings. The van der Waals surface area contributed by atoms with Crippen LogP contribution in [0.5, 0.6) is 5.75 Å².